The average molecular weight is 489 g/mol. The molecule has 0 N–H and O–H groups in total. The molecule has 3 aromatic heterocycles. The summed E-state index contributed by atoms with van der Waals surface area (Å²) in [4.78, 5) is 22.0. The van der Waals surface area contributed by atoms with Crippen molar-refractivity contribution in [3.05, 3.63) is 52.3 Å². The minimum atomic E-state index is -3.57. The Morgan fingerprint density at radius 2 is 1.88 bits per heavy atom. The van der Waals surface area contributed by atoms with Gasteiger partial charge in [-0.2, -0.15) is 4.31 Å². The van der Waals surface area contributed by atoms with Crippen LogP contribution >= 0.6 is 22.7 Å². The monoisotopic (exact) mass is 488 g/mol. The number of hydrogen-bond acceptors (Lipinski definition) is 6. The van der Waals surface area contributed by atoms with Crippen molar-refractivity contribution in [1.29, 1.82) is 0 Å². The van der Waals surface area contributed by atoms with E-state index in [1.54, 1.807) is 28.4 Å². The highest BCUT2D eigenvalue weighted by molar-refractivity contribution is 7.89. The van der Waals surface area contributed by atoms with Crippen LogP contribution in [-0.4, -0.2) is 59.1 Å². The van der Waals surface area contributed by atoms with Crippen LogP contribution in [0.3, 0.4) is 0 Å². The first-order chi connectivity index (χ1) is 15.4. The topological polar surface area (TPSA) is 75.0 Å². The van der Waals surface area contributed by atoms with Gasteiger partial charge in [0, 0.05) is 37.8 Å². The van der Waals surface area contributed by atoms with Crippen molar-refractivity contribution in [3.63, 3.8) is 0 Å². The lowest BCUT2D eigenvalue weighted by Gasteiger charge is -2.33. The van der Waals surface area contributed by atoms with Crippen LogP contribution < -0.4 is 0 Å². The van der Waals surface area contributed by atoms with Crippen LogP contribution in [0, 0.1) is 0 Å². The molecule has 0 spiro atoms. The second kappa shape index (κ2) is 8.26. The van der Waals surface area contributed by atoms with Crippen molar-refractivity contribution in [2.75, 3.05) is 26.2 Å². The van der Waals surface area contributed by atoms with Gasteiger partial charge < -0.3 is 4.90 Å². The summed E-state index contributed by atoms with van der Waals surface area (Å²) in [5, 5.41) is 1.97. The van der Waals surface area contributed by atoms with E-state index in [1.165, 1.54) is 15.6 Å². The van der Waals surface area contributed by atoms with Gasteiger partial charge in [0.1, 0.15) is 4.83 Å². The summed E-state index contributed by atoms with van der Waals surface area (Å²) in [6.07, 6.45) is 2.96. The van der Waals surface area contributed by atoms with Gasteiger partial charge in [-0.15, -0.1) is 22.7 Å². The number of fused-ring (bicyclic) bond motifs is 3. The molecule has 5 rings (SSSR count). The average Bonchev–Trinajstić information content (AvgIpc) is 3.51. The summed E-state index contributed by atoms with van der Waals surface area (Å²) < 4.78 is 29.6. The number of carbonyl (C=O) groups excluding carboxylic acids is 1. The zero-order valence-corrected chi connectivity index (χ0v) is 20.3. The maximum atomic E-state index is 13.1. The molecule has 0 radical (unpaired) electrons. The van der Waals surface area contributed by atoms with E-state index >= 15 is 0 Å². The number of carbonyl (C=O) groups is 1. The molecule has 1 aliphatic heterocycles. The number of aromatic nitrogens is 2. The van der Waals surface area contributed by atoms with E-state index in [4.69, 9.17) is 0 Å². The van der Waals surface area contributed by atoms with Crippen LogP contribution in [0.25, 0.3) is 15.3 Å². The van der Waals surface area contributed by atoms with Gasteiger partial charge in [0.15, 0.2) is 4.96 Å². The van der Waals surface area contributed by atoms with Crippen LogP contribution in [0.4, 0.5) is 0 Å². The smallest absolute Gasteiger partial charge is 0.264 e. The third kappa shape index (κ3) is 3.64. The fourth-order valence-corrected chi connectivity index (χ4v) is 7.18. The van der Waals surface area contributed by atoms with Crippen molar-refractivity contribution >= 4 is 53.9 Å². The summed E-state index contributed by atoms with van der Waals surface area (Å²) >= 11 is 2.95. The minimum Gasteiger partial charge on any atom is -0.335 e. The van der Waals surface area contributed by atoms with E-state index in [9.17, 15) is 13.2 Å². The molecule has 1 fully saturated rings. The van der Waals surface area contributed by atoms with Crippen LogP contribution in [-0.2, 0) is 10.0 Å². The lowest BCUT2D eigenvalue weighted by Crippen LogP contribution is -2.50. The Kier molecular flexibility index (Phi) is 5.56. The number of hydrogen-bond donors (Lipinski definition) is 0. The molecule has 32 heavy (non-hydrogen) atoms. The summed E-state index contributed by atoms with van der Waals surface area (Å²) in [5.74, 6) is 0.337. The molecule has 7 nitrogen and oxygen atoms in total. The lowest BCUT2D eigenvalue weighted by atomic mass is 9.99. The number of amides is 1. The maximum absolute atomic E-state index is 13.1. The Balaban J connectivity index is 1.27. The highest BCUT2D eigenvalue weighted by Gasteiger charge is 2.31. The number of rotatable bonds is 5. The predicted octanol–water partition coefficient (Wildman–Crippen LogP) is 4.27. The first-order valence-electron chi connectivity index (χ1n) is 10.6. The quantitative estimate of drug-likeness (QED) is 0.420. The van der Waals surface area contributed by atoms with Crippen molar-refractivity contribution < 1.29 is 13.2 Å². The largest absolute Gasteiger partial charge is 0.335 e. The minimum absolute atomic E-state index is 0.0630. The molecule has 0 saturated carbocycles. The van der Waals surface area contributed by atoms with Gasteiger partial charge in [0.25, 0.3) is 5.91 Å². The Morgan fingerprint density at radius 1 is 1.16 bits per heavy atom. The van der Waals surface area contributed by atoms with Gasteiger partial charge in [-0.3, -0.25) is 9.20 Å². The van der Waals surface area contributed by atoms with Crippen LogP contribution in [0.5, 0.6) is 0 Å². The molecular weight excluding hydrogens is 464 g/mol. The number of benzene rings is 1. The summed E-state index contributed by atoms with van der Waals surface area (Å²) in [7, 11) is -3.57. The molecule has 1 saturated heterocycles. The number of sulfonamides is 1. The number of nitrogens with zero attached hydrogens (tertiary/aromatic N) is 4. The van der Waals surface area contributed by atoms with Gasteiger partial charge in [-0.25, -0.2) is 13.4 Å². The highest BCUT2D eigenvalue weighted by Crippen LogP contribution is 2.29. The van der Waals surface area contributed by atoms with Crippen molar-refractivity contribution in [2.24, 2.45) is 0 Å². The first kappa shape index (κ1) is 21.6. The second-order valence-corrected chi connectivity index (χ2v) is 11.9. The van der Waals surface area contributed by atoms with E-state index in [-0.39, 0.29) is 5.91 Å². The van der Waals surface area contributed by atoms with Gasteiger partial charge in [0.2, 0.25) is 10.0 Å². The standard InChI is InChI=1S/C22H24N4O3S3/c1-3-15(2)16-4-6-17(7-5-16)32(28,29)25-10-8-24(9-11-25)21(27)19-14-18-20(31-19)23-22-26(18)12-13-30-22/h4-7,12-15H,3,8-11H2,1-2H3. The Morgan fingerprint density at radius 3 is 2.56 bits per heavy atom. The molecule has 1 unspecified atom stereocenters. The van der Waals surface area contributed by atoms with E-state index in [1.807, 2.05) is 34.2 Å². The Hall–Kier alpha value is -2.27. The number of thiophene rings is 1. The molecule has 1 atom stereocenters. The number of imidazole rings is 1. The molecule has 1 amide bonds. The van der Waals surface area contributed by atoms with Gasteiger partial charge in [-0.05, 0) is 36.1 Å². The first-order valence-corrected chi connectivity index (χ1v) is 13.8. The molecule has 0 aliphatic carbocycles. The van der Waals surface area contributed by atoms with E-state index in [0.717, 1.165) is 27.3 Å². The predicted molar refractivity (Wildman–Crippen MR) is 128 cm³/mol. The van der Waals surface area contributed by atoms with Gasteiger partial charge in [0.05, 0.1) is 15.3 Å². The van der Waals surface area contributed by atoms with E-state index < -0.39 is 10.0 Å². The van der Waals surface area contributed by atoms with Crippen molar-refractivity contribution in [3.8, 4) is 0 Å². The maximum Gasteiger partial charge on any atom is 0.264 e. The van der Waals surface area contributed by atoms with E-state index in [0.29, 0.717) is 41.9 Å². The van der Waals surface area contributed by atoms with Crippen LogP contribution in [0.15, 0.2) is 46.8 Å². The molecule has 10 heteroatoms. The molecule has 4 aromatic rings. The highest BCUT2D eigenvalue weighted by atomic mass is 32.2. The van der Waals surface area contributed by atoms with Gasteiger partial charge >= 0.3 is 0 Å². The SMILES string of the molecule is CCC(C)c1ccc(S(=O)(=O)N2CCN(C(=O)c3cc4c(nc5sccn54)s3)CC2)cc1. The van der Waals surface area contributed by atoms with Crippen molar-refractivity contribution in [1.82, 2.24) is 18.6 Å². The molecule has 1 aliphatic rings. The lowest BCUT2D eigenvalue weighted by molar-refractivity contribution is 0.0703. The van der Waals surface area contributed by atoms with E-state index in [2.05, 4.69) is 18.8 Å². The fraction of sp³-hybridized carbons (Fsp3) is 0.364. The van der Waals surface area contributed by atoms with Crippen molar-refractivity contribution in [2.45, 2.75) is 31.1 Å². The van der Waals surface area contributed by atoms with Crippen LogP contribution in [0.1, 0.15) is 41.4 Å². The molecule has 168 valence electrons. The second-order valence-electron chi connectivity index (χ2n) is 8.04. The van der Waals surface area contributed by atoms with Gasteiger partial charge in [-0.1, -0.05) is 26.0 Å². The zero-order valence-electron chi connectivity index (χ0n) is 17.9. The summed E-state index contributed by atoms with van der Waals surface area (Å²) in [6.45, 7) is 5.58. The molecule has 1 aromatic carbocycles. The zero-order chi connectivity index (χ0) is 22.5. The number of piperazine rings is 1. The Labute approximate surface area is 195 Å². The third-order valence-corrected chi connectivity index (χ3v) is 9.85. The number of thiazole rings is 1. The fourth-order valence-electron chi connectivity index (χ4n) is 3.99. The normalized spacial score (nSPS) is 16.8. The Bertz CT molecular complexity index is 1380. The molecule has 4 heterocycles. The molecule has 0 bridgehead atoms. The van der Waals surface area contributed by atoms with Crippen LogP contribution in [0.2, 0.25) is 0 Å². The summed E-state index contributed by atoms with van der Waals surface area (Å²) in [5.41, 5.74) is 2.08. The molecular formula is C22H24N4O3S3. The summed E-state index contributed by atoms with van der Waals surface area (Å²) in [6, 6.07) is 9.08. The third-order valence-electron chi connectivity index (χ3n) is 6.18.